The molecule has 1 aliphatic heterocycles. The Morgan fingerprint density at radius 3 is 2.73 bits per heavy atom. The van der Waals surface area contributed by atoms with E-state index in [1.54, 1.807) is 28.1 Å². The molecule has 1 saturated heterocycles. The molecule has 0 bridgehead atoms. The van der Waals surface area contributed by atoms with Gasteiger partial charge >= 0.3 is 12.0 Å². The van der Waals surface area contributed by atoms with Gasteiger partial charge in [-0.2, -0.15) is 0 Å². The van der Waals surface area contributed by atoms with Crippen LogP contribution in [0.2, 0.25) is 0 Å². The Hall–Kier alpha value is -3.20. The molecule has 2 atom stereocenters. The second-order valence-corrected chi connectivity index (χ2v) is 8.56. The van der Waals surface area contributed by atoms with Gasteiger partial charge in [0.15, 0.2) is 0 Å². The molecular weight excluding hydrogens is 424 g/mol. The standard InChI is InChI=1S/C24H30N4O5/c1-33-22-9-7-17(15-25-22)20(14-23(30)31)28-13-12-27(24(28)32)11-10-21(29)19-8-6-16-4-2-3-5-18(16)26-19/h6-9,15,20-21,29H,2-5,10-14H2,1H3,(H,30,31)/t20-,21+/m0/s1. The first-order valence-electron chi connectivity index (χ1n) is 11.4. The highest BCUT2D eigenvalue weighted by molar-refractivity contribution is 5.78. The minimum atomic E-state index is -0.990. The van der Waals surface area contributed by atoms with Crippen LogP contribution in [0.4, 0.5) is 4.79 Å². The number of carbonyl (C=O) groups excluding carboxylic acids is 1. The Balaban J connectivity index is 1.40. The van der Waals surface area contributed by atoms with Gasteiger partial charge in [0.2, 0.25) is 5.88 Å². The van der Waals surface area contributed by atoms with Gasteiger partial charge in [-0.1, -0.05) is 12.1 Å². The van der Waals surface area contributed by atoms with Crippen molar-refractivity contribution in [3.05, 3.63) is 53.0 Å². The van der Waals surface area contributed by atoms with Gasteiger partial charge in [-0.05, 0) is 49.3 Å². The summed E-state index contributed by atoms with van der Waals surface area (Å²) in [7, 11) is 1.51. The van der Waals surface area contributed by atoms with Crippen LogP contribution in [0.1, 0.15) is 60.3 Å². The summed E-state index contributed by atoms with van der Waals surface area (Å²) in [6.07, 6.45) is 5.25. The summed E-state index contributed by atoms with van der Waals surface area (Å²) in [5.74, 6) is -0.567. The number of carbonyl (C=O) groups is 2. The van der Waals surface area contributed by atoms with Crippen molar-refractivity contribution >= 4 is 12.0 Å². The number of hydrogen-bond donors (Lipinski definition) is 2. The molecule has 0 spiro atoms. The lowest BCUT2D eigenvalue weighted by atomic mass is 9.95. The molecule has 9 heteroatoms. The maximum atomic E-state index is 13.1. The van der Waals surface area contributed by atoms with Gasteiger partial charge in [-0.25, -0.2) is 9.78 Å². The Bertz CT molecular complexity index is 997. The molecule has 4 rings (SSSR count). The molecule has 2 aromatic heterocycles. The molecule has 2 amide bonds. The van der Waals surface area contributed by atoms with E-state index in [2.05, 4.69) is 16.0 Å². The number of aliphatic hydroxyl groups is 1. The van der Waals surface area contributed by atoms with E-state index in [9.17, 15) is 19.8 Å². The number of pyridine rings is 2. The van der Waals surface area contributed by atoms with Crippen molar-refractivity contribution in [2.24, 2.45) is 0 Å². The zero-order chi connectivity index (χ0) is 23.4. The van der Waals surface area contributed by atoms with E-state index >= 15 is 0 Å². The molecule has 2 N–H and O–H groups in total. The minimum absolute atomic E-state index is 0.213. The number of urea groups is 1. The summed E-state index contributed by atoms with van der Waals surface area (Å²) in [5, 5.41) is 20.1. The number of carboxylic acid groups (broad SMARTS) is 1. The van der Waals surface area contributed by atoms with Crippen molar-refractivity contribution in [2.45, 2.75) is 50.7 Å². The first-order chi connectivity index (χ1) is 16.0. The first kappa shape index (κ1) is 23.0. The highest BCUT2D eigenvalue weighted by Gasteiger charge is 2.36. The summed E-state index contributed by atoms with van der Waals surface area (Å²) in [5.41, 5.74) is 3.63. The number of aromatic nitrogens is 2. The number of carboxylic acids is 1. The third kappa shape index (κ3) is 5.24. The van der Waals surface area contributed by atoms with Crippen LogP contribution >= 0.6 is 0 Å². The quantitative estimate of drug-likeness (QED) is 0.598. The summed E-state index contributed by atoms with van der Waals surface area (Å²) in [6, 6.07) is 6.48. The van der Waals surface area contributed by atoms with Crippen molar-refractivity contribution < 1.29 is 24.5 Å². The second kappa shape index (κ2) is 10.2. The van der Waals surface area contributed by atoms with Gasteiger partial charge < -0.3 is 24.7 Å². The molecule has 3 heterocycles. The number of methoxy groups -OCH3 is 1. The molecule has 9 nitrogen and oxygen atoms in total. The van der Waals surface area contributed by atoms with E-state index < -0.39 is 18.1 Å². The smallest absolute Gasteiger partial charge is 0.320 e. The molecule has 2 aliphatic rings. The topological polar surface area (TPSA) is 116 Å². The van der Waals surface area contributed by atoms with Crippen molar-refractivity contribution in [3.8, 4) is 5.88 Å². The number of aliphatic hydroxyl groups excluding tert-OH is 1. The molecule has 2 aromatic rings. The monoisotopic (exact) mass is 454 g/mol. The third-order valence-electron chi connectivity index (χ3n) is 6.44. The molecule has 0 unspecified atom stereocenters. The van der Waals surface area contributed by atoms with Crippen LogP contribution in [0.3, 0.4) is 0 Å². The first-order valence-corrected chi connectivity index (χ1v) is 11.4. The number of fused-ring (bicyclic) bond motifs is 1. The van der Waals surface area contributed by atoms with Crippen LogP contribution in [0.15, 0.2) is 30.5 Å². The van der Waals surface area contributed by atoms with Crippen LogP contribution in [0.25, 0.3) is 0 Å². The van der Waals surface area contributed by atoms with Crippen LogP contribution in [0.5, 0.6) is 5.88 Å². The van der Waals surface area contributed by atoms with E-state index in [0.717, 1.165) is 25.0 Å². The number of rotatable bonds is 9. The predicted octanol–water partition coefficient (Wildman–Crippen LogP) is 2.74. The molecule has 0 aromatic carbocycles. The van der Waals surface area contributed by atoms with Crippen LogP contribution in [-0.2, 0) is 17.6 Å². The maximum absolute atomic E-state index is 13.1. The van der Waals surface area contributed by atoms with Crippen molar-refractivity contribution in [1.29, 1.82) is 0 Å². The lowest BCUT2D eigenvalue weighted by Crippen LogP contribution is -2.36. The fourth-order valence-corrected chi connectivity index (χ4v) is 4.59. The van der Waals surface area contributed by atoms with Gasteiger partial charge in [0.25, 0.3) is 0 Å². The van der Waals surface area contributed by atoms with Crippen LogP contribution < -0.4 is 4.74 Å². The number of hydrogen-bond acceptors (Lipinski definition) is 6. The van der Waals surface area contributed by atoms with Gasteiger partial charge in [0, 0.05) is 37.6 Å². The van der Waals surface area contributed by atoms with E-state index in [-0.39, 0.29) is 12.5 Å². The highest BCUT2D eigenvalue weighted by Crippen LogP contribution is 2.29. The lowest BCUT2D eigenvalue weighted by Gasteiger charge is -2.27. The van der Waals surface area contributed by atoms with Crippen molar-refractivity contribution in [3.63, 3.8) is 0 Å². The van der Waals surface area contributed by atoms with Crippen molar-refractivity contribution in [2.75, 3.05) is 26.7 Å². The lowest BCUT2D eigenvalue weighted by molar-refractivity contribution is -0.138. The Labute approximate surface area is 193 Å². The number of aryl methyl sites for hydroxylation is 2. The summed E-state index contributed by atoms with van der Waals surface area (Å²) in [4.78, 5) is 36.6. The molecule has 33 heavy (non-hydrogen) atoms. The van der Waals surface area contributed by atoms with Gasteiger partial charge in [-0.15, -0.1) is 0 Å². The molecule has 1 aliphatic carbocycles. The Morgan fingerprint density at radius 1 is 1.18 bits per heavy atom. The summed E-state index contributed by atoms with van der Waals surface area (Å²) < 4.78 is 5.07. The largest absolute Gasteiger partial charge is 0.481 e. The highest BCUT2D eigenvalue weighted by atomic mass is 16.5. The molecule has 0 radical (unpaired) electrons. The maximum Gasteiger partial charge on any atom is 0.320 e. The Kier molecular flexibility index (Phi) is 7.08. The number of aliphatic carboxylic acids is 1. The average Bonchev–Trinajstić information content (AvgIpc) is 3.20. The molecule has 1 fully saturated rings. The van der Waals surface area contributed by atoms with Gasteiger partial charge in [-0.3, -0.25) is 9.78 Å². The third-order valence-corrected chi connectivity index (χ3v) is 6.44. The zero-order valence-electron chi connectivity index (χ0n) is 18.8. The summed E-state index contributed by atoms with van der Waals surface area (Å²) in [6.45, 7) is 1.26. The second-order valence-electron chi connectivity index (χ2n) is 8.56. The predicted molar refractivity (Wildman–Crippen MR) is 120 cm³/mol. The fourth-order valence-electron chi connectivity index (χ4n) is 4.59. The van der Waals surface area contributed by atoms with E-state index in [1.807, 2.05) is 6.07 Å². The van der Waals surface area contributed by atoms with E-state index in [4.69, 9.17) is 4.74 Å². The Morgan fingerprint density at radius 2 is 2.00 bits per heavy atom. The van der Waals surface area contributed by atoms with Crippen LogP contribution in [0, 0.1) is 0 Å². The average molecular weight is 455 g/mol. The van der Waals surface area contributed by atoms with E-state index in [1.165, 1.54) is 19.1 Å². The van der Waals surface area contributed by atoms with Gasteiger partial charge in [0.1, 0.15) is 0 Å². The fraction of sp³-hybridized carbons (Fsp3) is 0.500. The zero-order valence-corrected chi connectivity index (χ0v) is 18.8. The minimum Gasteiger partial charge on any atom is -0.481 e. The van der Waals surface area contributed by atoms with Crippen molar-refractivity contribution in [1.82, 2.24) is 19.8 Å². The molecule has 176 valence electrons. The number of ether oxygens (including phenoxy) is 1. The molecular formula is C24H30N4O5. The van der Waals surface area contributed by atoms with Gasteiger partial charge in [0.05, 0.1) is 31.4 Å². The number of amides is 2. The SMILES string of the molecule is COc1ccc([C@H](CC(=O)O)N2CCN(CC[C@@H](O)c3ccc4c(n3)CCCC4)C2=O)cn1. The number of nitrogens with zero attached hydrogens (tertiary/aromatic N) is 4. The normalized spacial score (nSPS) is 17.6. The van der Waals surface area contributed by atoms with Crippen LogP contribution in [-0.4, -0.2) is 68.7 Å². The summed E-state index contributed by atoms with van der Waals surface area (Å²) >= 11 is 0. The molecule has 0 saturated carbocycles. The van der Waals surface area contributed by atoms with E-state index in [0.29, 0.717) is 43.2 Å².